The van der Waals surface area contributed by atoms with Crippen molar-refractivity contribution in [1.82, 2.24) is 0 Å². The average molecular weight is 388 g/mol. The second-order valence-electron chi connectivity index (χ2n) is 6.68. The Morgan fingerprint density at radius 1 is 0.931 bits per heavy atom. The van der Waals surface area contributed by atoms with Gasteiger partial charge < -0.3 is 9.47 Å². The molecule has 3 rings (SSSR count). The quantitative estimate of drug-likeness (QED) is 0.311. The number of esters is 1. The molecule has 0 amide bonds. The van der Waals surface area contributed by atoms with Gasteiger partial charge in [-0.15, -0.1) is 5.92 Å². The van der Waals surface area contributed by atoms with Crippen LogP contribution in [0.15, 0.2) is 66.7 Å². The third-order valence-electron chi connectivity index (χ3n) is 4.08. The highest BCUT2D eigenvalue weighted by atomic mass is 19.1. The number of hydrogen-bond acceptors (Lipinski definition) is 3. The Bertz CT molecular complexity index is 1060. The van der Waals surface area contributed by atoms with Crippen LogP contribution in [0.4, 0.5) is 4.39 Å². The Morgan fingerprint density at radius 2 is 1.59 bits per heavy atom. The molecule has 0 atom stereocenters. The molecule has 0 heterocycles. The summed E-state index contributed by atoms with van der Waals surface area (Å²) in [6, 6.07) is 18.6. The minimum Gasteiger partial charge on any atom is -0.491 e. The monoisotopic (exact) mass is 388 g/mol. The van der Waals surface area contributed by atoms with Gasteiger partial charge in [-0.25, -0.2) is 9.18 Å². The molecule has 3 nitrogen and oxygen atoms in total. The fourth-order valence-electron chi connectivity index (χ4n) is 2.75. The van der Waals surface area contributed by atoms with Gasteiger partial charge in [0.1, 0.15) is 5.75 Å². The minimum absolute atomic E-state index is 0.0861. The molecule has 0 aliphatic rings. The number of carbonyl (C=O) groups excluding carboxylic acids is 1. The van der Waals surface area contributed by atoms with E-state index in [9.17, 15) is 9.18 Å². The molecule has 3 aromatic carbocycles. The summed E-state index contributed by atoms with van der Waals surface area (Å²) in [6.45, 7) is 5.65. The maximum absolute atomic E-state index is 14.5. The van der Waals surface area contributed by atoms with E-state index in [1.54, 1.807) is 37.3 Å². The van der Waals surface area contributed by atoms with Crippen molar-refractivity contribution in [1.29, 1.82) is 0 Å². The van der Waals surface area contributed by atoms with Crippen molar-refractivity contribution in [3.63, 3.8) is 0 Å². The molecule has 0 aliphatic heterocycles. The van der Waals surface area contributed by atoms with Gasteiger partial charge in [0.05, 0.1) is 11.7 Å². The van der Waals surface area contributed by atoms with Crippen molar-refractivity contribution in [3.8, 4) is 34.5 Å². The van der Waals surface area contributed by atoms with Crippen molar-refractivity contribution < 1.29 is 18.7 Å². The first kappa shape index (κ1) is 20.2. The molecule has 3 aromatic rings. The first-order valence-electron chi connectivity index (χ1n) is 9.28. The first-order valence-corrected chi connectivity index (χ1v) is 9.28. The van der Waals surface area contributed by atoms with Crippen molar-refractivity contribution in [2.75, 3.05) is 0 Å². The molecule has 0 saturated carbocycles. The van der Waals surface area contributed by atoms with E-state index in [4.69, 9.17) is 9.47 Å². The van der Waals surface area contributed by atoms with Gasteiger partial charge in [0.25, 0.3) is 0 Å². The normalized spacial score (nSPS) is 10.2. The zero-order chi connectivity index (χ0) is 20.8. The maximum Gasteiger partial charge on any atom is 0.343 e. The number of ether oxygens (including phenoxy) is 2. The number of hydrogen-bond donors (Lipinski definition) is 0. The molecule has 29 heavy (non-hydrogen) atoms. The van der Waals surface area contributed by atoms with Crippen LogP contribution < -0.4 is 9.47 Å². The fourth-order valence-corrected chi connectivity index (χ4v) is 2.75. The molecule has 0 radical (unpaired) electrons. The second-order valence-corrected chi connectivity index (χ2v) is 6.68. The minimum atomic E-state index is -0.622. The molecule has 0 saturated heterocycles. The number of halogens is 1. The van der Waals surface area contributed by atoms with Gasteiger partial charge in [0, 0.05) is 5.56 Å². The highest BCUT2D eigenvalue weighted by Gasteiger charge is 2.13. The van der Waals surface area contributed by atoms with E-state index in [0.29, 0.717) is 11.1 Å². The van der Waals surface area contributed by atoms with Gasteiger partial charge in [-0.2, -0.15) is 0 Å². The van der Waals surface area contributed by atoms with E-state index in [1.165, 1.54) is 12.1 Å². The zero-order valence-electron chi connectivity index (χ0n) is 16.5. The van der Waals surface area contributed by atoms with Crippen LogP contribution in [0.5, 0.6) is 11.5 Å². The van der Waals surface area contributed by atoms with Crippen LogP contribution in [0.25, 0.3) is 11.1 Å². The maximum atomic E-state index is 14.5. The zero-order valence-corrected chi connectivity index (χ0v) is 16.5. The lowest BCUT2D eigenvalue weighted by Crippen LogP contribution is -2.09. The molecular weight excluding hydrogens is 367 g/mol. The van der Waals surface area contributed by atoms with E-state index in [-0.39, 0.29) is 11.9 Å². The van der Waals surface area contributed by atoms with Gasteiger partial charge in [-0.05, 0) is 80.4 Å². The van der Waals surface area contributed by atoms with Crippen molar-refractivity contribution in [2.24, 2.45) is 0 Å². The summed E-state index contributed by atoms with van der Waals surface area (Å²) in [5, 5.41) is 0. The molecule has 0 bridgehead atoms. The summed E-state index contributed by atoms with van der Waals surface area (Å²) >= 11 is 0. The summed E-state index contributed by atoms with van der Waals surface area (Å²) in [4.78, 5) is 12.3. The summed E-state index contributed by atoms with van der Waals surface area (Å²) in [6.07, 6.45) is 0.0861. The van der Waals surface area contributed by atoms with Gasteiger partial charge >= 0.3 is 5.97 Å². The first-order chi connectivity index (χ1) is 14.0. The average Bonchev–Trinajstić information content (AvgIpc) is 2.70. The van der Waals surface area contributed by atoms with E-state index in [2.05, 4.69) is 11.8 Å². The Kier molecular flexibility index (Phi) is 6.31. The topological polar surface area (TPSA) is 35.5 Å². The Hall–Kier alpha value is -3.58. The molecular formula is C25H21FO3. The van der Waals surface area contributed by atoms with Crippen molar-refractivity contribution in [3.05, 3.63) is 83.7 Å². The summed E-state index contributed by atoms with van der Waals surface area (Å²) in [7, 11) is 0. The van der Waals surface area contributed by atoms with Crippen LogP contribution in [0, 0.1) is 17.7 Å². The van der Waals surface area contributed by atoms with Crippen LogP contribution in [-0.2, 0) is 0 Å². The van der Waals surface area contributed by atoms with E-state index < -0.39 is 11.8 Å². The largest absolute Gasteiger partial charge is 0.491 e. The Morgan fingerprint density at radius 3 is 2.17 bits per heavy atom. The third-order valence-corrected chi connectivity index (χ3v) is 4.08. The Balaban J connectivity index is 1.73. The summed E-state index contributed by atoms with van der Waals surface area (Å²) in [5.74, 6) is 5.10. The molecule has 0 spiro atoms. The lowest BCUT2D eigenvalue weighted by atomic mass is 10.1. The summed E-state index contributed by atoms with van der Waals surface area (Å²) < 4.78 is 25.3. The lowest BCUT2D eigenvalue weighted by Gasteiger charge is -2.11. The van der Waals surface area contributed by atoms with E-state index >= 15 is 0 Å². The van der Waals surface area contributed by atoms with Crippen molar-refractivity contribution in [2.45, 2.75) is 26.9 Å². The van der Waals surface area contributed by atoms with Crippen LogP contribution in [0.3, 0.4) is 0 Å². The molecule has 4 heteroatoms. The van der Waals surface area contributed by atoms with E-state index in [0.717, 1.165) is 16.9 Å². The molecule has 0 N–H and O–H groups in total. The summed E-state index contributed by atoms with van der Waals surface area (Å²) in [5.41, 5.74) is 2.65. The lowest BCUT2D eigenvalue weighted by molar-refractivity contribution is 0.0728. The Labute approximate surface area is 170 Å². The van der Waals surface area contributed by atoms with Crippen LogP contribution in [0.2, 0.25) is 0 Å². The van der Waals surface area contributed by atoms with Gasteiger partial charge in [-0.1, -0.05) is 24.1 Å². The molecule has 0 aliphatic carbocycles. The van der Waals surface area contributed by atoms with Crippen LogP contribution >= 0.6 is 0 Å². The standard InChI is InChI=1S/C25H21FO3/c1-4-5-18-6-8-20(9-7-18)25(27)29-24-15-12-21(16-23(24)26)19-10-13-22(14-11-19)28-17(2)3/h6-17H,1-3H3. The van der Waals surface area contributed by atoms with Gasteiger partial charge in [0.15, 0.2) is 11.6 Å². The number of benzene rings is 3. The van der Waals surface area contributed by atoms with Crippen molar-refractivity contribution >= 4 is 5.97 Å². The highest BCUT2D eigenvalue weighted by Crippen LogP contribution is 2.28. The molecule has 0 fully saturated rings. The molecule has 0 unspecified atom stereocenters. The van der Waals surface area contributed by atoms with Crippen LogP contribution in [0.1, 0.15) is 36.7 Å². The SMILES string of the molecule is CC#Cc1ccc(C(=O)Oc2ccc(-c3ccc(OC(C)C)cc3)cc2F)cc1. The predicted molar refractivity (Wildman–Crippen MR) is 112 cm³/mol. The van der Waals surface area contributed by atoms with Gasteiger partial charge in [0.2, 0.25) is 0 Å². The second kappa shape index (κ2) is 9.07. The molecule has 146 valence electrons. The highest BCUT2D eigenvalue weighted by molar-refractivity contribution is 5.91. The number of rotatable bonds is 5. The van der Waals surface area contributed by atoms with Gasteiger partial charge in [-0.3, -0.25) is 0 Å². The van der Waals surface area contributed by atoms with Crippen LogP contribution in [-0.4, -0.2) is 12.1 Å². The third kappa shape index (κ3) is 5.24. The number of carbonyl (C=O) groups is 1. The predicted octanol–water partition coefficient (Wildman–Crippen LogP) is 5.87. The molecule has 0 aromatic heterocycles. The van der Waals surface area contributed by atoms with E-state index in [1.807, 2.05) is 38.1 Å². The fraction of sp³-hybridized carbons (Fsp3) is 0.160. The smallest absolute Gasteiger partial charge is 0.343 e.